The van der Waals surface area contributed by atoms with Crippen LogP contribution in [0.3, 0.4) is 0 Å². The minimum absolute atomic E-state index is 0.175. The fourth-order valence-electron chi connectivity index (χ4n) is 1.38. The number of para-hydroxylation sites is 1. The van der Waals surface area contributed by atoms with Crippen LogP contribution in [0.4, 0.5) is 11.4 Å². The van der Waals surface area contributed by atoms with E-state index in [4.69, 9.17) is 15.9 Å². The lowest BCUT2D eigenvalue weighted by molar-refractivity contribution is -0.113. The standard InChI is InChI=1S/C12H18N2O3S/c1-8-3-2-4-10(13)12(8)14-11(17)7-18-6-9(16)5-15/h2-4,9,15-16H,5-7,13H2,1H3,(H,14,17). The van der Waals surface area contributed by atoms with Crippen molar-refractivity contribution in [1.82, 2.24) is 0 Å². The second-order valence-electron chi connectivity index (χ2n) is 3.94. The Morgan fingerprint density at radius 3 is 2.89 bits per heavy atom. The van der Waals surface area contributed by atoms with Crippen molar-refractivity contribution < 1.29 is 15.0 Å². The lowest BCUT2D eigenvalue weighted by Gasteiger charge is -2.11. The number of hydrogen-bond donors (Lipinski definition) is 4. The highest BCUT2D eigenvalue weighted by molar-refractivity contribution is 8.00. The van der Waals surface area contributed by atoms with Crippen LogP contribution >= 0.6 is 11.8 Å². The number of aliphatic hydroxyl groups is 2. The summed E-state index contributed by atoms with van der Waals surface area (Å²) in [6.45, 7) is 1.58. The molecule has 0 aliphatic rings. The summed E-state index contributed by atoms with van der Waals surface area (Å²) in [6.07, 6.45) is -0.786. The summed E-state index contributed by atoms with van der Waals surface area (Å²) >= 11 is 1.26. The van der Waals surface area contributed by atoms with E-state index in [1.165, 1.54) is 11.8 Å². The fourth-order valence-corrected chi connectivity index (χ4v) is 2.13. The van der Waals surface area contributed by atoms with Gasteiger partial charge >= 0.3 is 0 Å². The summed E-state index contributed by atoms with van der Waals surface area (Å²) in [7, 11) is 0. The Labute approximate surface area is 110 Å². The molecule has 0 saturated heterocycles. The molecule has 100 valence electrons. The van der Waals surface area contributed by atoms with Crippen molar-refractivity contribution >= 4 is 29.0 Å². The molecule has 5 N–H and O–H groups in total. The van der Waals surface area contributed by atoms with Crippen molar-refractivity contribution in [1.29, 1.82) is 0 Å². The van der Waals surface area contributed by atoms with Crippen LogP contribution in [0, 0.1) is 6.92 Å². The smallest absolute Gasteiger partial charge is 0.234 e. The summed E-state index contributed by atoms with van der Waals surface area (Å²) in [5.41, 5.74) is 7.84. The van der Waals surface area contributed by atoms with Gasteiger partial charge in [-0.2, -0.15) is 0 Å². The number of amides is 1. The predicted molar refractivity (Wildman–Crippen MR) is 74.6 cm³/mol. The number of rotatable bonds is 6. The third-order valence-electron chi connectivity index (χ3n) is 2.32. The molecule has 0 radical (unpaired) electrons. The third-order valence-corrected chi connectivity index (χ3v) is 3.41. The van der Waals surface area contributed by atoms with Gasteiger partial charge in [-0.1, -0.05) is 12.1 Å². The maximum atomic E-state index is 11.7. The van der Waals surface area contributed by atoms with E-state index >= 15 is 0 Å². The molecule has 1 aromatic rings. The van der Waals surface area contributed by atoms with Gasteiger partial charge in [0.15, 0.2) is 0 Å². The molecule has 1 rings (SSSR count). The topological polar surface area (TPSA) is 95.6 Å². The van der Waals surface area contributed by atoms with Gasteiger partial charge in [0.1, 0.15) is 0 Å². The molecule has 5 nitrogen and oxygen atoms in total. The maximum Gasteiger partial charge on any atom is 0.234 e. The number of hydrogen-bond acceptors (Lipinski definition) is 5. The lowest BCUT2D eigenvalue weighted by atomic mass is 10.1. The Bertz CT molecular complexity index is 392. The van der Waals surface area contributed by atoms with Crippen molar-refractivity contribution in [3.8, 4) is 0 Å². The van der Waals surface area contributed by atoms with Gasteiger partial charge in [0, 0.05) is 5.75 Å². The van der Waals surface area contributed by atoms with Gasteiger partial charge < -0.3 is 21.3 Å². The Balaban J connectivity index is 2.45. The van der Waals surface area contributed by atoms with E-state index in [0.29, 0.717) is 17.1 Å². The van der Waals surface area contributed by atoms with Crippen LogP contribution in [-0.4, -0.2) is 40.3 Å². The van der Waals surface area contributed by atoms with Crippen LogP contribution in [-0.2, 0) is 4.79 Å². The summed E-state index contributed by atoms with van der Waals surface area (Å²) in [4.78, 5) is 11.7. The summed E-state index contributed by atoms with van der Waals surface area (Å²) in [6, 6.07) is 5.42. The van der Waals surface area contributed by atoms with Gasteiger partial charge in [-0.15, -0.1) is 11.8 Å². The van der Waals surface area contributed by atoms with Crippen LogP contribution in [0.2, 0.25) is 0 Å². The van der Waals surface area contributed by atoms with E-state index in [0.717, 1.165) is 5.56 Å². The van der Waals surface area contributed by atoms with E-state index in [-0.39, 0.29) is 18.3 Å². The molecule has 0 aromatic heterocycles. The number of nitrogens with two attached hydrogens (primary N) is 1. The minimum atomic E-state index is -0.786. The fraction of sp³-hybridized carbons (Fsp3) is 0.417. The molecule has 0 spiro atoms. The van der Waals surface area contributed by atoms with Crippen molar-refractivity contribution in [2.75, 3.05) is 29.2 Å². The number of nitrogen functional groups attached to an aromatic ring is 1. The molecular formula is C12H18N2O3S. The molecule has 0 heterocycles. The average Bonchev–Trinajstić information content (AvgIpc) is 2.34. The van der Waals surface area contributed by atoms with E-state index in [2.05, 4.69) is 5.32 Å². The number of thioether (sulfide) groups is 1. The van der Waals surface area contributed by atoms with Crippen molar-refractivity contribution in [3.05, 3.63) is 23.8 Å². The first kappa shape index (κ1) is 14.8. The zero-order valence-corrected chi connectivity index (χ0v) is 11.0. The monoisotopic (exact) mass is 270 g/mol. The molecule has 1 aromatic carbocycles. The normalized spacial score (nSPS) is 12.2. The van der Waals surface area contributed by atoms with Crippen LogP contribution in [0.5, 0.6) is 0 Å². The first-order valence-corrected chi connectivity index (χ1v) is 6.71. The molecule has 1 amide bonds. The Morgan fingerprint density at radius 1 is 1.56 bits per heavy atom. The molecular weight excluding hydrogens is 252 g/mol. The molecule has 18 heavy (non-hydrogen) atoms. The third kappa shape index (κ3) is 4.56. The second kappa shape index (κ2) is 7.25. The van der Waals surface area contributed by atoms with E-state index in [1.54, 1.807) is 6.07 Å². The summed E-state index contributed by atoms with van der Waals surface area (Å²) in [5.74, 6) is 0.365. The molecule has 0 saturated carbocycles. The largest absolute Gasteiger partial charge is 0.397 e. The van der Waals surface area contributed by atoms with Gasteiger partial charge in [0.05, 0.1) is 29.8 Å². The Hall–Kier alpha value is -1.24. The van der Waals surface area contributed by atoms with Crippen molar-refractivity contribution in [2.24, 2.45) is 0 Å². The van der Waals surface area contributed by atoms with E-state index < -0.39 is 6.10 Å². The number of nitrogens with one attached hydrogen (secondary N) is 1. The van der Waals surface area contributed by atoms with Gasteiger partial charge in [-0.05, 0) is 18.6 Å². The van der Waals surface area contributed by atoms with Crippen LogP contribution in [0.15, 0.2) is 18.2 Å². The van der Waals surface area contributed by atoms with Crippen LogP contribution < -0.4 is 11.1 Å². The first-order valence-electron chi connectivity index (χ1n) is 5.56. The van der Waals surface area contributed by atoms with Gasteiger partial charge in [0.2, 0.25) is 5.91 Å². The molecule has 0 fully saturated rings. The molecule has 6 heteroatoms. The molecule has 1 atom stereocenters. The number of anilines is 2. The quantitative estimate of drug-likeness (QED) is 0.568. The average molecular weight is 270 g/mol. The highest BCUT2D eigenvalue weighted by Crippen LogP contribution is 2.22. The number of aryl methyl sites for hydroxylation is 1. The summed E-state index contributed by atoms with van der Waals surface area (Å²) in [5, 5.41) is 20.5. The number of carbonyl (C=O) groups excluding carboxylic acids is 1. The Morgan fingerprint density at radius 2 is 2.28 bits per heavy atom. The first-order chi connectivity index (χ1) is 8.54. The molecule has 0 bridgehead atoms. The van der Waals surface area contributed by atoms with Gasteiger partial charge in [0.25, 0.3) is 0 Å². The Kier molecular flexibility index (Phi) is 5.97. The van der Waals surface area contributed by atoms with Crippen molar-refractivity contribution in [3.63, 3.8) is 0 Å². The molecule has 0 aliphatic heterocycles. The van der Waals surface area contributed by atoms with Crippen molar-refractivity contribution in [2.45, 2.75) is 13.0 Å². The maximum absolute atomic E-state index is 11.7. The molecule has 0 aliphatic carbocycles. The second-order valence-corrected chi connectivity index (χ2v) is 4.97. The van der Waals surface area contributed by atoms with Crippen LogP contribution in [0.25, 0.3) is 0 Å². The highest BCUT2D eigenvalue weighted by Gasteiger charge is 2.09. The SMILES string of the molecule is Cc1cccc(N)c1NC(=O)CSCC(O)CO. The zero-order chi connectivity index (χ0) is 13.5. The number of aliphatic hydroxyl groups excluding tert-OH is 2. The minimum Gasteiger partial charge on any atom is -0.397 e. The highest BCUT2D eigenvalue weighted by atomic mass is 32.2. The summed E-state index contributed by atoms with van der Waals surface area (Å²) < 4.78 is 0. The van der Waals surface area contributed by atoms with E-state index in [1.807, 2.05) is 19.1 Å². The van der Waals surface area contributed by atoms with Gasteiger partial charge in [-0.3, -0.25) is 4.79 Å². The lowest BCUT2D eigenvalue weighted by Crippen LogP contribution is -2.19. The molecule has 1 unspecified atom stereocenters. The number of carbonyl (C=O) groups is 1. The zero-order valence-electron chi connectivity index (χ0n) is 10.2. The predicted octanol–water partition coefficient (Wildman–Crippen LogP) is 0.602. The number of benzene rings is 1. The van der Waals surface area contributed by atoms with Gasteiger partial charge in [-0.25, -0.2) is 0 Å². The van der Waals surface area contributed by atoms with E-state index in [9.17, 15) is 4.79 Å². The van der Waals surface area contributed by atoms with Crippen LogP contribution in [0.1, 0.15) is 5.56 Å².